The molecule has 2 fully saturated rings. The summed E-state index contributed by atoms with van der Waals surface area (Å²) >= 11 is 1.89. The molecule has 0 radical (unpaired) electrons. The van der Waals surface area contributed by atoms with E-state index < -0.39 is 0 Å². The molecule has 0 amide bonds. The molecular weight excluding hydrogens is 419 g/mol. The summed E-state index contributed by atoms with van der Waals surface area (Å²) in [6.45, 7) is 7.95. The second-order valence-electron chi connectivity index (χ2n) is 7.28. The molecule has 0 aromatic heterocycles. The first kappa shape index (κ1) is 21.4. The molecule has 136 valence electrons. The van der Waals surface area contributed by atoms with Gasteiger partial charge in [0.05, 0.1) is 0 Å². The Labute approximate surface area is 164 Å². The zero-order valence-electron chi connectivity index (χ0n) is 15.2. The number of halogens is 1. The minimum Gasteiger partial charge on any atom is -0.355 e. The van der Waals surface area contributed by atoms with E-state index in [0.717, 1.165) is 18.5 Å². The molecule has 2 N–H and O–H groups in total. The lowest BCUT2D eigenvalue weighted by molar-refractivity contribution is 0.150. The SMILES string of the molecule is CN=C(NCC(C)(C)SC)NC1CCN(C2CCCC2)CC1.I. The Morgan fingerprint density at radius 2 is 1.78 bits per heavy atom. The van der Waals surface area contributed by atoms with Crippen LogP contribution in [0.25, 0.3) is 0 Å². The number of nitrogens with one attached hydrogen (secondary N) is 2. The van der Waals surface area contributed by atoms with Crippen molar-refractivity contribution in [3.8, 4) is 0 Å². The Balaban J connectivity index is 0.00000264. The van der Waals surface area contributed by atoms with Crippen molar-refractivity contribution in [1.82, 2.24) is 15.5 Å². The Kier molecular flexibility index (Phi) is 9.59. The van der Waals surface area contributed by atoms with Crippen LogP contribution in [-0.2, 0) is 0 Å². The lowest BCUT2D eigenvalue weighted by Crippen LogP contribution is -2.51. The second-order valence-corrected chi connectivity index (χ2v) is 8.80. The monoisotopic (exact) mass is 454 g/mol. The van der Waals surface area contributed by atoms with E-state index in [4.69, 9.17) is 0 Å². The smallest absolute Gasteiger partial charge is 0.191 e. The number of piperidine rings is 1. The van der Waals surface area contributed by atoms with Crippen molar-refractivity contribution in [2.45, 2.75) is 69.2 Å². The van der Waals surface area contributed by atoms with Gasteiger partial charge < -0.3 is 15.5 Å². The van der Waals surface area contributed by atoms with Gasteiger partial charge in [-0.1, -0.05) is 12.8 Å². The highest BCUT2D eigenvalue weighted by Gasteiger charge is 2.27. The fourth-order valence-electron chi connectivity index (χ4n) is 3.44. The predicted molar refractivity (Wildman–Crippen MR) is 114 cm³/mol. The Morgan fingerprint density at radius 3 is 2.30 bits per heavy atom. The molecule has 6 heteroatoms. The van der Waals surface area contributed by atoms with Crippen LogP contribution in [0.5, 0.6) is 0 Å². The van der Waals surface area contributed by atoms with E-state index in [9.17, 15) is 0 Å². The van der Waals surface area contributed by atoms with Gasteiger partial charge in [0.15, 0.2) is 5.96 Å². The third-order valence-corrected chi connectivity index (χ3v) is 6.42. The summed E-state index contributed by atoms with van der Waals surface area (Å²) in [5, 5.41) is 7.10. The molecule has 1 saturated heterocycles. The molecule has 0 aromatic rings. The number of hydrogen-bond acceptors (Lipinski definition) is 3. The van der Waals surface area contributed by atoms with Gasteiger partial charge in [-0.15, -0.1) is 24.0 Å². The lowest BCUT2D eigenvalue weighted by atomic mass is 10.0. The zero-order chi connectivity index (χ0) is 16.0. The van der Waals surface area contributed by atoms with Crippen molar-refractivity contribution in [2.24, 2.45) is 4.99 Å². The van der Waals surface area contributed by atoms with Crippen LogP contribution in [0, 0.1) is 0 Å². The molecular formula is C17H35IN4S. The summed E-state index contributed by atoms with van der Waals surface area (Å²) < 4.78 is 0.240. The predicted octanol–water partition coefficient (Wildman–Crippen LogP) is 3.32. The fraction of sp³-hybridized carbons (Fsp3) is 0.941. The van der Waals surface area contributed by atoms with Crippen molar-refractivity contribution >= 4 is 41.7 Å². The van der Waals surface area contributed by atoms with Crippen molar-refractivity contribution in [2.75, 3.05) is 32.9 Å². The Hall–Kier alpha value is 0.310. The average molecular weight is 454 g/mol. The van der Waals surface area contributed by atoms with Crippen LogP contribution >= 0.6 is 35.7 Å². The number of hydrogen-bond donors (Lipinski definition) is 2. The van der Waals surface area contributed by atoms with Crippen molar-refractivity contribution < 1.29 is 0 Å². The molecule has 0 bridgehead atoms. The third-order valence-electron chi connectivity index (χ3n) is 5.17. The first-order valence-electron chi connectivity index (χ1n) is 8.80. The molecule has 2 rings (SSSR count). The number of aliphatic imine (C=N–C) groups is 1. The number of thioether (sulfide) groups is 1. The topological polar surface area (TPSA) is 39.7 Å². The number of guanidine groups is 1. The molecule has 23 heavy (non-hydrogen) atoms. The highest BCUT2D eigenvalue weighted by atomic mass is 127. The van der Waals surface area contributed by atoms with Gasteiger partial charge in [-0.2, -0.15) is 11.8 Å². The lowest BCUT2D eigenvalue weighted by Gasteiger charge is -2.37. The molecule has 0 atom stereocenters. The van der Waals surface area contributed by atoms with Crippen LogP contribution in [0.1, 0.15) is 52.4 Å². The largest absolute Gasteiger partial charge is 0.355 e. The van der Waals surface area contributed by atoms with Gasteiger partial charge >= 0.3 is 0 Å². The summed E-state index contributed by atoms with van der Waals surface area (Å²) in [5.74, 6) is 0.960. The minimum atomic E-state index is 0. The molecule has 1 saturated carbocycles. The second kappa shape index (κ2) is 10.3. The van der Waals surface area contributed by atoms with Crippen LogP contribution in [0.2, 0.25) is 0 Å². The molecule has 2 aliphatic rings. The van der Waals surface area contributed by atoms with E-state index in [1.807, 2.05) is 18.8 Å². The molecule has 0 spiro atoms. The molecule has 4 nitrogen and oxygen atoms in total. The summed E-state index contributed by atoms with van der Waals surface area (Å²) in [6.07, 6.45) is 10.4. The van der Waals surface area contributed by atoms with Gasteiger partial charge in [0.25, 0.3) is 0 Å². The van der Waals surface area contributed by atoms with Gasteiger partial charge in [-0.25, -0.2) is 0 Å². The van der Waals surface area contributed by atoms with Crippen LogP contribution in [0.15, 0.2) is 4.99 Å². The molecule has 1 heterocycles. The van der Waals surface area contributed by atoms with Crippen LogP contribution < -0.4 is 10.6 Å². The maximum absolute atomic E-state index is 4.39. The van der Waals surface area contributed by atoms with E-state index in [1.54, 1.807) is 0 Å². The van der Waals surface area contributed by atoms with Crippen molar-refractivity contribution in [3.63, 3.8) is 0 Å². The average Bonchev–Trinajstić information content (AvgIpc) is 3.06. The van der Waals surface area contributed by atoms with Crippen molar-refractivity contribution in [1.29, 1.82) is 0 Å². The van der Waals surface area contributed by atoms with Crippen LogP contribution in [-0.4, -0.2) is 60.6 Å². The van der Waals surface area contributed by atoms with Crippen LogP contribution in [0.3, 0.4) is 0 Å². The standard InChI is InChI=1S/C17H34N4S.HI/c1-17(2,22-4)13-19-16(18-3)20-14-9-11-21(12-10-14)15-7-5-6-8-15;/h14-15H,5-13H2,1-4H3,(H2,18,19,20);1H. The summed E-state index contributed by atoms with van der Waals surface area (Å²) in [7, 11) is 1.87. The summed E-state index contributed by atoms with van der Waals surface area (Å²) in [6, 6.07) is 1.45. The number of likely N-dealkylation sites (tertiary alicyclic amines) is 1. The molecule has 0 aromatic carbocycles. The number of rotatable bonds is 5. The molecule has 1 aliphatic heterocycles. The Bertz CT molecular complexity index is 362. The van der Waals surface area contributed by atoms with E-state index in [-0.39, 0.29) is 28.7 Å². The van der Waals surface area contributed by atoms with Gasteiger partial charge in [-0.3, -0.25) is 4.99 Å². The van der Waals surface area contributed by atoms with Crippen molar-refractivity contribution in [3.05, 3.63) is 0 Å². The van der Waals surface area contributed by atoms with Gasteiger partial charge in [-0.05, 0) is 45.8 Å². The molecule has 1 aliphatic carbocycles. The van der Waals surface area contributed by atoms with Gasteiger partial charge in [0, 0.05) is 43.5 Å². The van der Waals surface area contributed by atoms with Crippen LogP contribution in [0.4, 0.5) is 0 Å². The minimum absolute atomic E-state index is 0. The summed E-state index contributed by atoms with van der Waals surface area (Å²) in [5.41, 5.74) is 0. The fourth-order valence-corrected chi connectivity index (χ4v) is 3.65. The molecule has 0 unspecified atom stereocenters. The third kappa shape index (κ3) is 6.98. The normalized spacial score (nSPS) is 22.0. The van der Waals surface area contributed by atoms with Gasteiger partial charge in [0.2, 0.25) is 0 Å². The summed E-state index contributed by atoms with van der Waals surface area (Å²) in [4.78, 5) is 7.11. The first-order valence-corrected chi connectivity index (χ1v) is 10.0. The Morgan fingerprint density at radius 1 is 1.17 bits per heavy atom. The quantitative estimate of drug-likeness (QED) is 0.380. The highest BCUT2D eigenvalue weighted by molar-refractivity contribution is 14.0. The van der Waals surface area contributed by atoms with E-state index in [1.165, 1.54) is 51.6 Å². The highest BCUT2D eigenvalue weighted by Crippen LogP contribution is 2.26. The first-order chi connectivity index (χ1) is 10.5. The van der Waals surface area contributed by atoms with E-state index in [0.29, 0.717) is 6.04 Å². The maximum Gasteiger partial charge on any atom is 0.191 e. The number of nitrogens with zero attached hydrogens (tertiary/aromatic N) is 2. The van der Waals surface area contributed by atoms with E-state index >= 15 is 0 Å². The van der Waals surface area contributed by atoms with E-state index in [2.05, 4.69) is 40.6 Å². The van der Waals surface area contributed by atoms with Gasteiger partial charge in [0.1, 0.15) is 0 Å². The maximum atomic E-state index is 4.39. The zero-order valence-corrected chi connectivity index (χ0v) is 18.4.